The summed E-state index contributed by atoms with van der Waals surface area (Å²) in [6, 6.07) is 20.5. The van der Waals surface area contributed by atoms with Crippen LogP contribution in [0.5, 0.6) is 0 Å². The molecule has 0 bridgehead atoms. The monoisotopic (exact) mass is 688 g/mol. The molecule has 1 amide bonds. The summed E-state index contributed by atoms with van der Waals surface area (Å²) in [6.07, 6.45) is 4.60. The molecule has 11 heteroatoms. The maximum absolute atomic E-state index is 13.0. The number of piperazine rings is 1. The Morgan fingerprint density at radius 1 is 1.00 bits per heavy atom. The number of thioether (sulfide) groups is 1. The topological polar surface area (TPSA) is 47.6 Å². The molecule has 0 aromatic heterocycles. The quantitative estimate of drug-likeness (QED) is 0.163. The predicted octanol–water partition coefficient (Wildman–Crippen LogP) is 9.61. The van der Waals surface area contributed by atoms with E-state index in [4.69, 9.17) is 11.6 Å². The van der Waals surface area contributed by atoms with Gasteiger partial charge in [-0.1, -0.05) is 49.6 Å². The predicted molar refractivity (Wildman–Crippen MR) is 187 cm³/mol. The second-order valence-electron chi connectivity index (χ2n) is 12.2. The van der Waals surface area contributed by atoms with Crippen LogP contribution in [0.2, 0.25) is 5.02 Å². The van der Waals surface area contributed by atoms with Gasteiger partial charge in [0.05, 0.1) is 0 Å². The van der Waals surface area contributed by atoms with E-state index in [2.05, 4.69) is 45.8 Å². The Morgan fingerprint density at radius 3 is 2.33 bits per heavy atom. The summed E-state index contributed by atoms with van der Waals surface area (Å²) < 4.78 is 41.7. The second kappa shape index (κ2) is 15.0. The van der Waals surface area contributed by atoms with Crippen molar-refractivity contribution in [2.75, 3.05) is 50.0 Å². The fourth-order valence-electron chi connectivity index (χ4n) is 6.17. The number of anilines is 2. The molecule has 3 aromatic rings. The fourth-order valence-corrected chi connectivity index (χ4v) is 7.73. The minimum Gasteiger partial charge on any atom is -0.387 e. The summed E-state index contributed by atoms with van der Waals surface area (Å²) in [6.45, 7) is 9.41. The van der Waals surface area contributed by atoms with Crippen LogP contribution in [0.15, 0.2) is 82.1 Å². The summed E-state index contributed by atoms with van der Waals surface area (Å²) >= 11 is 7.00. The molecule has 2 N–H and O–H groups in total. The van der Waals surface area contributed by atoms with Gasteiger partial charge >= 0.3 is 5.51 Å². The third kappa shape index (κ3) is 8.97. The van der Waals surface area contributed by atoms with Crippen molar-refractivity contribution in [3.63, 3.8) is 0 Å². The van der Waals surface area contributed by atoms with Gasteiger partial charge < -0.3 is 10.2 Å². The lowest BCUT2D eigenvalue weighted by Crippen LogP contribution is -2.47. The average Bonchev–Trinajstić information content (AvgIpc) is 3.04. The normalized spacial score (nSPS) is 19.3. The van der Waals surface area contributed by atoms with Gasteiger partial charge in [-0.2, -0.15) is 13.2 Å². The Morgan fingerprint density at radius 2 is 1.70 bits per heavy atom. The highest BCUT2D eigenvalue weighted by atomic mass is 35.5. The van der Waals surface area contributed by atoms with E-state index in [1.54, 1.807) is 36.9 Å². The van der Waals surface area contributed by atoms with Crippen molar-refractivity contribution in [2.24, 2.45) is 5.41 Å². The first-order valence-corrected chi connectivity index (χ1v) is 17.6. The zero-order chi connectivity index (χ0) is 32.9. The molecule has 2 aliphatic rings. The van der Waals surface area contributed by atoms with Crippen LogP contribution in [0.25, 0.3) is 5.57 Å². The third-order valence-electron chi connectivity index (χ3n) is 9.08. The van der Waals surface area contributed by atoms with Crippen molar-refractivity contribution >= 4 is 58.2 Å². The SMILES string of the molecule is CCC1(C)CCC(c2ccc(Cl)cc2)=C(CN2CCN(c3ccc(C(=O)NSc4ccc(NC)c(SC(F)(F)F)c4)cc3)CC2)C1. The molecule has 246 valence electrons. The van der Waals surface area contributed by atoms with Gasteiger partial charge in [-0.25, -0.2) is 0 Å². The van der Waals surface area contributed by atoms with Gasteiger partial charge in [0.2, 0.25) is 0 Å². The van der Waals surface area contributed by atoms with Crippen molar-refractivity contribution in [1.29, 1.82) is 0 Å². The van der Waals surface area contributed by atoms with E-state index in [0.717, 1.165) is 68.2 Å². The van der Waals surface area contributed by atoms with Gasteiger partial charge in [0, 0.05) is 71.5 Å². The average molecular weight is 689 g/mol. The highest BCUT2D eigenvalue weighted by Crippen LogP contribution is 2.45. The van der Waals surface area contributed by atoms with Crippen molar-refractivity contribution in [1.82, 2.24) is 9.62 Å². The zero-order valence-electron chi connectivity index (χ0n) is 26.3. The number of alkyl halides is 3. The van der Waals surface area contributed by atoms with E-state index < -0.39 is 5.51 Å². The molecule has 0 saturated carbocycles. The molecule has 1 atom stereocenters. The Kier molecular flexibility index (Phi) is 11.2. The number of allylic oxidation sites excluding steroid dienone is 1. The van der Waals surface area contributed by atoms with Gasteiger partial charge in [0.25, 0.3) is 5.91 Å². The highest BCUT2D eigenvalue weighted by molar-refractivity contribution is 8.00. The van der Waals surface area contributed by atoms with E-state index >= 15 is 0 Å². The maximum Gasteiger partial charge on any atom is 0.446 e. The van der Waals surface area contributed by atoms with Crippen molar-refractivity contribution in [2.45, 2.75) is 54.8 Å². The molecule has 1 aliphatic carbocycles. The summed E-state index contributed by atoms with van der Waals surface area (Å²) in [5.41, 5.74) is 2.19. The smallest absolute Gasteiger partial charge is 0.387 e. The van der Waals surface area contributed by atoms with Crippen LogP contribution in [0.1, 0.15) is 55.5 Å². The van der Waals surface area contributed by atoms with Crippen LogP contribution in [0.4, 0.5) is 24.5 Å². The van der Waals surface area contributed by atoms with E-state index in [0.29, 0.717) is 21.6 Å². The second-order valence-corrected chi connectivity index (χ2v) is 14.7. The molecule has 1 saturated heterocycles. The first-order chi connectivity index (χ1) is 21.9. The van der Waals surface area contributed by atoms with Crippen LogP contribution in [0.3, 0.4) is 0 Å². The molecule has 1 fully saturated rings. The van der Waals surface area contributed by atoms with Gasteiger partial charge in [0.1, 0.15) is 0 Å². The lowest BCUT2D eigenvalue weighted by molar-refractivity contribution is -0.0328. The van der Waals surface area contributed by atoms with Gasteiger partial charge in [-0.05, 0) is 114 Å². The number of halogens is 4. The van der Waals surface area contributed by atoms with Crippen molar-refractivity contribution < 1.29 is 18.0 Å². The summed E-state index contributed by atoms with van der Waals surface area (Å²) in [4.78, 5) is 18.3. The van der Waals surface area contributed by atoms with Crippen LogP contribution >= 0.6 is 35.3 Å². The third-order valence-corrected chi connectivity index (χ3v) is 10.9. The standard InChI is InChI=1S/C35H40ClF3N4OS2/c1-4-34(2)16-15-30(24-5-9-27(36)10-6-24)26(22-34)23-42-17-19-43(20-18-42)28-11-7-25(8-12-28)33(44)41-46-29-13-14-31(40-3)32(21-29)45-35(37,38)39/h5-14,21,40H,4,15-20,22-23H2,1-3H3,(H,41,44). The molecule has 1 unspecified atom stereocenters. The lowest BCUT2D eigenvalue weighted by Gasteiger charge is -2.40. The van der Waals surface area contributed by atoms with Crippen molar-refractivity contribution in [3.8, 4) is 0 Å². The zero-order valence-corrected chi connectivity index (χ0v) is 28.7. The van der Waals surface area contributed by atoms with Gasteiger partial charge in [0.15, 0.2) is 0 Å². The summed E-state index contributed by atoms with van der Waals surface area (Å²) in [5.74, 6) is -0.305. The number of amides is 1. The molecule has 1 heterocycles. The number of nitrogens with one attached hydrogen (secondary N) is 2. The van der Waals surface area contributed by atoms with Crippen LogP contribution in [-0.4, -0.2) is 56.1 Å². The van der Waals surface area contributed by atoms with Crippen LogP contribution < -0.4 is 14.9 Å². The van der Waals surface area contributed by atoms with E-state index in [9.17, 15) is 18.0 Å². The molecular formula is C35H40ClF3N4OS2. The van der Waals surface area contributed by atoms with Crippen molar-refractivity contribution in [3.05, 3.63) is 88.5 Å². The molecule has 0 radical (unpaired) electrons. The number of hydrogen-bond acceptors (Lipinski definition) is 6. The Bertz CT molecular complexity index is 1540. The summed E-state index contributed by atoms with van der Waals surface area (Å²) in [5, 5.41) is 3.54. The number of rotatable bonds is 10. The Labute approximate surface area is 283 Å². The van der Waals surface area contributed by atoms with Crippen LogP contribution in [0, 0.1) is 5.41 Å². The molecule has 0 spiro atoms. The van der Waals surface area contributed by atoms with Gasteiger partial charge in [-0.3, -0.25) is 14.4 Å². The number of nitrogens with zero attached hydrogens (tertiary/aromatic N) is 2. The van der Waals surface area contributed by atoms with E-state index in [-0.39, 0.29) is 22.6 Å². The Hall–Kier alpha value is -2.79. The van der Waals surface area contributed by atoms with E-state index in [1.165, 1.54) is 30.0 Å². The molecule has 5 rings (SSSR count). The largest absolute Gasteiger partial charge is 0.446 e. The Balaban J connectivity index is 1.16. The molecular weight excluding hydrogens is 649 g/mol. The number of carbonyl (C=O) groups is 1. The minimum absolute atomic E-state index is 0.0515. The molecule has 1 aliphatic heterocycles. The number of carbonyl (C=O) groups excluding carboxylic acids is 1. The summed E-state index contributed by atoms with van der Waals surface area (Å²) in [7, 11) is 1.57. The number of hydrogen-bond donors (Lipinski definition) is 2. The molecule has 46 heavy (non-hydrogen) atoms. The fraction of sp³-hybridized carbons (Fsp3) is 0.400. The first-order valence-electron chi connectivity index (χ1n) is 15.5. The molecule has 3 aromatic carbocycles. The lowest BCUT2D eigenvalue weighted by atomic mass is 9.70. The van der Waals surface area contributed by atoms with E-state index in [1.807, 2.05) is 24.3 Å². The minimum atomic E-state index is -4.40. The first kappa shape index (κ1) is 34.5. The van der Waals surface area contributed by atoms with Gasteiger partial charge in [-0.15, -0.1) is 0 Å². The van der Waals surface area contributed by atoms with Crippen LogP contribution in [-0.2, 0) is 0 Å². The molecule has 5 nitrogen and oxygen atoms in total. The maximum atomic E-state index is 13.0. The highest BCUT2D eigenvalue weighted by Gasteiger charge is 2.32. The number of benzene rings is 3.